The third-order valence-electron chi connectivity index (χ3n) is 4.10. The first-order chi connectivity index (χ1) is 13.0. The fraction of sp³-hybridized carbons (Fsp3) is 0.421. The molecular formula is C19H23N3O4S. The quantitative estimate of drug-likeness (QED) is 0.765. The second-order valence-electron chi connectivity index (χ2n) is 6.51. The van der Waals surface area contributed by atoms with E-state index in [1.807, 2.05) is 44.2 Å². The first kappa shape index (κ1) is 19.3. The highest BCUT2D eigenvalue weighted by molar-refractivity contribution is 7.13. The molecule has 0 aliphatic carbocycles. The van der Waals surface area contributed by atoms with E-state index in [1.54, 1.807) is 10.3 Å². The monoisotopic (exact) mass is 389 g/mol. The van der Waals surface area contributed by atoms with Gasteiger partial charge in [0.2, 0.25) is 0 Å². The number of amides is 1. The number of hydrogen-bond donors (Lipinski definition) is 1. The van der Waals surface area contributed by atoms with Gasteiger partial charge in [-0.1, -0.05) is 30.3 Å². The lowest BCUT2D eigenvalue weighted by atomic mass is 10.2. The summed E-state index contributed by atoms with van der Waals surface area (Å²) >= 11 is 1.33. The summed E-state index contributed by atoms with van der Waals surface area (Å²) in [5, 5.41) is 5.43. The molecule has 1 aliphatic heterocycles. The van der Waals surface area contributed by atoms with E-state index in [1.165, 1.54) is 11.3 Å². The molecule has 2 unspecified atom stereocenters. The van der Waals surface area contributed by atoms with E-state index in [0.29, 0.717) is 24.8 Å². The summed E-state index contributed by atoms with van der Waals surface area (Å²) in [5.41, 5.74) is 1.32. The third kappa shape index (κ3) is 5.51. The topological polar surface area (TPSA) is 80.8 Å². The van der Waals surface area contributed by atoms with Crippen LogP contribution < -0.4 is 5.32 Å². The minimum atomic E-state index is -0.596. The molecule has 8 heteroatoms. The van der Waals surface area contributed by atoms with Crippen molar-refractivity contribution < 1.29 is 19.1 Å². The summed E-state index contributed by atoms with van der Waals surface area (Å²) in [4.78, 5) is 30.3. The van der Waals surface area contributed by atoms with Crippen molar-refractivity contribution in [3.05, 3.63) is 47.0 Å². The smallest absolute Gasteiger partial charge is 0.358 e. The molecule has 1 fully saturated rings. The number of aromatic nitrogens is 1. The van der Waals surface area contributed by atoms with Crippen LogP contribution in [0.25, 0.3) is 0 Å². The lowest BCUT2D eigenvalue weighted by molar-refractivity contribution is -0.146. The molecule has 1 N–H and O–H groups in total. The maximum absolute atomic E-state index is 12.3. The van der Waals surface area contributed by atoms with E-state index < -0.39 is 5.97 Å². The highest BCUT2D eigenvalue weighted by atomic mass is 32.1. The molecule has 1 aromatic heterocycles. The summed E-state index contributed by atoms with van der Waals surface area (Å²) in [5.74, 6) is -0.815. The number of benzene rings is 1. The number of carbonyl (C=O) groups excluding carboxylic acids is 2. The zero-order chi connectivity index (χ0) is 19.2. The van der Waals surface area contributed by atoms with Gasteiger partial charge in [-0.05, 0) is 19.4 Å². The van der Waals surface area contributed by atoms with Gasteiger partial charge in [0.05, 0.1) is 12.2 Å². The highest BCUT2D eigenvalue weighted by Crippen LogP contribution is 2.17. The predicted octanol–water partition coefficient (Wildman–Crippen LogP) is 2.55. The number of carbonyl (C=O) groups is 2. The lowest BCUT2D eigenvalue weighted by Gasteiger charge is -2.35. The van der Waals surface area contributed by atoms with Crippen molar-refractivity contribution in [3.63, 3.8) is 0 Å². The van der Waals surface area contributed by atoms with Crippen LogP contribution in [-0.2, 0) is 20.8 Å². The normalized spacial score (nSPS) is 19.6. The number of thiazole rings is 1. The number of nitrogens with one attached hydrogen (secondary N) is 1. The molecule has 1 aliphatic rings. The molecule has 2 heterocycles. The number of ether oxygens (including phenoxy) is 2. The second-order valence-corrected chi connectivity index (χ2v) is 7.37. The Morgan fingerprint density at radius 1 is 1.26 bits per heavy atom. The minimum absolute atomic E-state index is 0.0230. The standard InChI is InChI=1S/C19H23N3O4S/c1-13-9-22(10-14(2)26-13)17(23)11-25-18(24)16-12-27-19(21-16)20-8-15-6-4-3-5-7-15/h3-7,12-14H,8-11H2,1-2H3,(H,20,21). The summed E-state index contributed by atoms with van der Waals surface area (Å²) in [6.45, 7) is 5.18. The minimum Gasteiger partial charge on any atom is -0.451 e. The van der Waals surface area contributed by atoms with Gasteiger partial charge in [0.25, 0.3) is 5.91 Å². The van der Waals surface area contributed by atoms with Crippen LogP contribution >= 0.6 is 11.3 Å². The van der Waals surface area contributed by atoms with Crippen molar-refractivity contribution in [2.75, 3.05) is 25.0 Å². The Labute approximate surface area is 162 Å². The Hall–Kier alpha value is -2.45. The van der Waals surface area contributed by atoms with Crippen molar-refractivity contribution in [2.45, 2.75) is 32.6 Å². The van der Waals surface area contributed by atoms with Crippen molar-refractivity contribution in [3.8, 4) is 0 Å². The molecule has 3 rings (SSSR count). The zero-order valence-corrected chi connectivity index (χ0v) is 16.2. The highest BCUT2D eigenvalue weighted by Gasteiger charge is 2.26. The van der Waals surface area contributed by atoms with E-state index in [4.69, 9.17) is 9.47 Å². The van der Waals surface area contributed by atoms with E-state index in [0.717, 1.165) is 5.56 Å². The molecule has 1 amide bonds. The van der Waals surface area contributed by atoms with Crippen LogP contribution in [0.2, 0.25) is 0 Å². The lowest BCUT2D eigenvalue weighted by Crippen LogP contribution is -2.49. The van der Waals surface area contributed by atoms with Crippen molar-refractivity contribution >= 4 is 28.3 Å². The van der Waals surface area contributed by atoms with Crippen LogP contribution in [0.1, 0.15) is 29.9 Å². The van der Waals surface area contributed by atoms with Gasteiger partial charge in [0, 0.05) is 25.0 Å². The summed E-state index contributed by atoms with van der Waals surface area (Å²) in [7, 11) is 0. The first-order valence-electron chi connectivity index (χ1n) is 8.85. The molecule has 0 saturated carbocycles. The molecule has 0 spiro atoms. The Kier molecular flexibility index (Phi) is 6.41. The van der Waals surface area contributed by atoms with Gasteiger partial charge in [-0.3, -0.25) is 4.79 Å². The van der Waals surface area contributed by atoms with Gasteiger partial charge < -0.3 is 19.7 Å². The van der Waals surface area contributed by atoms with Crippen LogP contribution in [0.15, 0.2) is 35.7 Å². The van der Waals surface area contributed by atoms with E-state index >= 15 is 0 Å². The summed E-state index contributed by atoms with van der Waals surface area (Å²) in [6.07, 6.45) is -0.0459. The van der Waals surface area contributed by atoms with Crippen molar-refractivity contribution in [2.24, 2.45) is 0 Å². The Morgan fingerprint density at radius 3 is 2.67 bits per heavy atom. The number of hydrogen-bond acceptors (Lipinski definition) is 7. The van der Waals surface area contributed by atoms with Gasteiger partial charge in [-0.2, -0.15) is 0 Å². The molecule has 2 atom stereocenters. The van der Waals surface area contributed by atoms with E-state index in [-0.39, 0.29) is 30.4 Å². The largest absolute Gasteiger partial charge is 0.451 e. The maximum Gasteiger partial charge on any atom is 0.358 e. The van der Waals surface area contributed by atoms with Crippen molar-refractivity contribution in [1.29, 1.82) is 0 Å². The number of anilines is 1. The molecule has 2 aromatic rings. The van der Waals surface area contributed by atoms with Crippen LogP contribution in [0, 0.1) is 0 Å². The van der Waals surface area contributed by atoms with Crippen LogP contribution in [0.4, 0.5) is 5.13 Å². The molecule has 7 nitrogen and oxygen atoms in total. The zero-order valence-electron chi connectivity index (χ0n) is 15.4. The second kappa shape index (κ2) is 8.96. The van der Waals surface area contributed by atoms with Gasteiger partial charge in [-0.15, -0.1) is 11.3 Å². The fourth-order valence-electron chi connectivity index (χ4n) is 2.90. The Balaban J connectivity index is 1.47. The maximum atomic E-state index is 12.3. The molecule has 1 saturated heterocycles. The molecule has 144 valence electrons. The predicted molar refractivity (Wildman–Crippen MR) is 103 cm³/mol. The van der Waals surface area contributed by atoms with Crippen LogP contribution in [0.5, 0.6) is 0 Å². The third-order valence-corrected chi connectivity index (χ3v) is 4.90. The van der Waals surface area contributed by atoms with Gasteiger partial charge >= 0.3 is 5.97 Å². The first-order valence-corrected chi connectivity index (χ1v) is 9.73. The van der Waals surface area contributed by atoms with Gasteiger partial charge in [-0.25, -0.2) is 9.78 Å². The molecule has 0 bridgehead atoms. The average molecular weight is 389 g/mol. The number of morpholine rings is 1. The summed E-state index contributed by atoms with van der Waals surface area (Å²) < 4.78 is 10.7. The SMILES string of the molecule is CC1CN(C(=O)COC(=O)c2csc(NCc3ccccc3)n2)CC(C)O1. The van der Waals surface area contributed by atoms with Gasteiger partial charge in [0.15, 0.2) is 17.4 Å². The molecule has 1 aromatic carbocycles. The molecule has 0 radical (unpaired) electrons. The number of nitrogens with zero attached hydrogens (tertiary/aromatic N) is 2. The molecule has 27 heavy (non-hydrogen) atoms. The van der Waals surface area contributed by atoms with E-state index in [9.17, 15) is 9.59 Å². The van der Waals surface area contributed by atoms with E-state index in [2.05, 4.69) is 10.3 Å². The Morgan fingerprint density at radius 2 is 1.96 bits per heavy atom. The molecular weight excluding hydrogens is 366 g/mol. The summed E-state index contributed by atoms with van der Waals surface area (Å²) in [6, 6.07) is 9.91. The average Bonchev–Trinajstić information content (AvgIpc) is 3.13. The van der Waals surface area contributed by atoms with Crippen LogP contribution in [0.3, 0.4) is 0 Å². The fourth-order valence-corrected chi connectivity index (χ4v) is 3.58. The number of esters is 1. The van der Waals surface area contributed by atoms with Gasteiger partial charge in [0.1, 0.15) is 0 Å². The van der Waals surface area contributed by atoms with Crippen LogP contribution in [-0.4, -0.2) is 53.7 Å². The Bertz CT molecular complexity index is 770. The van der Waals surface area contributed by atoms with Crippen molar-refractivity contribution in [1.82, 2.24) is 9.88 Å². The number of rotatable bonds is 6.